The highest BCUT2D eigenvalue weighted by Crippen LogP contribution is 2.18. The quantitative estimate of drug-likeness (QED) is 0.626. The second-order valence-corrected chi connectivity index (χ2v) is 9.20. The Morgan fingerprint density at radius 1 is 1.09 bits per heavy atom. The minimum atomic E-state index is -0.563. The maximum atomic E-state index is 13.4. The normalized spacial score (nSPS) is 13.9. The van der Waals surface area contributed by atoms with Crippen molar-refractivity contribution in [2.45, 2.75) is 32.8 Å². The van der Waals surface area contributed by atoms with Gasteiger partial charge in [-0.2, -0.15) is 0 Å². The van der Waals surface area contributed by atoms with Crippen molar-refractivity contribution < 1.29 is 28.2 Å². The first-order valence-electron chi connectivity index (χ1n) is 11.4. The summed E-state index contributed by atoms with van der Waals surface area (Å²) in [5.74, 6) is -0.720. The van der Waals surface area contributed by atoms with E-state index in [-0.39, 0.29) is 23.9 Å². The molecule has 0 saturated carbocycles. The van der Waals surface area contributed by atoms with Crippen LogP contribution in [0.25, 0.3) is 0 Å². The molecule has 0 unspecified atom stereocenters. The lowest BCUT2D eigenvalue weighted by Crippen LogP contribution is -2.48. The van der Waals surface area contributed by atoms with Gasteiger partial charge in [0.05, 0.1) is 17.7 Å². The fraction of sp³-hybridized carbons (Fsp3) is 0.423. The van der Waals surface area contributed by atoms with Crippen LogP contribution in [0.4, 0.5) is 9.18 Å². The number of carbonyl (C=O) groups excluding carboxylic acids is 3. The van der Waals surface area contributed by atoms with Gasteiger partial charge in [-0.05, 0) is 57.6 Å². The van der Waals surface area contributed by atoms with Crippen molar-refractivity contribution in [3.05, 3.63) is 65.0 Å². The van der Waals surface area contributed by atoms with E-state index >= 15 is 0 Å². The monoisotopic (exact) mass is 487 g/mol. The molecule has 0 bridgehead atoms. The largest absolute Gasteiger partial charge is 0.492 e. The molecule has 190 valence electrons. The molecule has 35 heavy (non-hydrogen) atoms. The Balaban J connectivity index is 0.000000269. The number of piperazine rings is 1. The highest BCUT2D eigenvalue weighted by molar-refractivity contribution is 5.95. The van der Waals surface area contributed by atoms with E-state index in [4.69, 9.17) is 15.2 Å². The molecule has 8 nitrogen and oxygen atoms in total. The summed E-state index contributed by atoms with van der Waals surface area (Å²) in [7, 11) is 2.06. The van der Waals surface area contributed by atoms with Gasteiger partial charge in [-0.1, -0.05) is 18.2 Å². The maximum absolute atomic E-state index is 13.4. The lowest BCUT2D eigenvalue weighted by Gasteiger charge is -2.33. The molecule has 3 rings (SSSR count). The van der Waals surface area contributed by atoms with E-state index in [1.54, 1.807) is 35.2 Å². The number of likely N-dealkylation sites (N-methyl/N-ethyl adjacent to an activating group) is 1. The van der Waals surface area contributed by atoms with Crippen LogP contribution in [0, 0.1) is 5.82 Å². The number of benzene rings is 2. The predicted molar refractivity (Wildman–Crippen MR) is 131 cm³/mol. The number of rotatable bonds is 6. The molecule has 9 heteroatoms. The molecule has 1 aliphatic rings. The molecule has 2 N–H and O–H groups in total. The second kappa shape index (κ2) is 12.9. The summed E-state index contributed by atoms with van der Waals surface area (Å²) in [6.07, 6.45) is 0.729. The summed E-state index contributed by atoms with van der Waals surface area (Å²) < 4.78 is 24.2. The van der Waals surface area contributed by atoms with E-state index in [0.29, 0.717) is 29.6 Å². The Kier molecular flexibility index (Phi) is 10.2. The molecule has 1 saturated heterocycles. The SMILES string of the molecule is CN1CCN(C(=O)OC(C)(C)C)CC1.NC(=O)c1ccccc1OCCc1ccc(C=O)c(F)c1. The summed E-state index contributed by atoms with van der Waals surface area (Å²) in [6, 6.07) is 11.0. The van der Waals surface area contributed by atoms with Gasteiger partial charge in [-0.25, -0.2) is 9.18 Å². The smallest absolute Gasteiger partial charge is 0.410 e. The zero-order valence-electron chi connectivity index (χ0n) is 20.8. The van der Waals surface area contributed by atoms with E-state index < -0.39 is 11.7 Å². The van der Waals surface area contributed by atoms with Crippen molar-refractivity contribution >= 4 is 18.3 Å². The van der Waals surface area contributed by atoms with E-state index in [2.05, 4.69) is 11.9 Å². The number of amides is 2. The van der Waals surface area contributed by atoms with E-state index in [0.717, 1.165) is 26.2 Å². The standard InChI is InChI=1S/C16H14FNO3.C10H20N2O2/c17-14-9-11(5-6-12(14)10-19)7-8-21-15-4-2-1-3-13(15)16(18)20;1-10(2,3)14-9(13)12-7-5-11(4)6-8-12/h1-6,9-10H,7-8H2,(H2,18,20);5-8H2,1-4H3. The van der Waals surface area contributed by atoms with Gasteiger partial charge in [-0.3, -0.25) is 9.59 Å². The molecule has 2 aromatic carbocycles. The number of ether oxygens (including phenoxy) is 2. The van der Waals surface area contributed by atoms with Crippen LogP contribution in [-0.2, 0) is 11.2 Å². The minimum absolute atomic E-state index is 0.0266. The number of nitrogens with zero attached hydrogens (tertiary/aromatic N) is 2. The fourth-order valence-electron chi connectivity index (χ4n) is 3.21. The molecule has 0 aliphatic carbocycles. The highest BCUT2D eigenvalue weighted by Gasteiger charge is 2.24. The van der Waals surface area contributed by atoms with Crippen molar-refractivity contribution in [1.82, 2.24) is 9.80 Å². The zero-order chi connectivity index (χ0) is 26.0. The molecule has 0 spiro atoms. The average molecular weight is 488 g/mol. The summed E-state index contributed by atoms with van der Waals surface area (Å²) in [5, 5.41) is 0. The van der Waals surface area contributed by atoms with Crippen molar-refractivity contribution in [2.24, 2.45) is 5.73 Å². The summed E-state index contributed by atoms with van der Waals surface area (Å²) in [5.41, 5.74) is 5.89. The molecule has 1 fully saturated rings. The Morgan fingerprint density at radius 2 is 1.74 bits per heavy atom. The molecule has 2 amide bonds. The lowest BCUT2D eigenvalue weighted by atomic mass is 10.1. The Bertz CT molecular complexity index is 1010. The van der Waals surface area contributed by atoms with Crippen LogP contribution in [0.15, 0.2) is 42.5 Å². The van der Waals surface area contributed by atoms with Gasteiger partial charge in [-0.15, -0.1) is 0 Å². The molecule has 1 aliphatic heterocycles. The van der Waals surface area contributed by atoms with E-state index in [1.807, 2.05) is 20.8 Å². The van der Waals surface area contributed by atoms with Crippen LogP contribution in [0.1, 0.15) is 47.1 Å². The first-order chi connectivity index (χ1) is 16.5. The number of primary amides is 1. The second-order valence-electron chi connectivity index (χ2n) is 9.20. The van der Waals surface area contributed by atoms with Crippen LogP contribution in [-0.4, -0.2) is 73.5 Å². The predicted octanol–water partition coefficient (Wildman–Crippen LogP) is 3.53. The van der Waals surface area contributed by atoms with Gasteiger partial charge in [0.1, 0.15) is 17.2 Å². The summed E-state index contributed by atoms with van der Waals surface area (Å²) in [4.78, 5) is 37.3. The summed E-state index contributed by atoms with van der Waals surface area (Å²) in [6.45, 7) is 9.34. The van der Waals surface area contributed by atoms with Gasteiger partial charge in [0, 0.05) is 32.6 Å². The Labute approximate surface area is 205 Å². The average Bonchev–Trinajstić information content (AvgIpc) is 2.79. The van der Waals surface area contributed by atoms with Gasteiger partial charge in [0.25, 0.3) is 5.91 Å². The number of nitrogens with two attached hydrogens (primary N) is 1. The minimum Gasteiger partial charge on any atom is -0.492 e. The van der Waals surface area contributed by atoms with Crippen LogP contribution >= 0.6 is 0 Å². The van der Waals surface area contributed by atoms with Crippen molar-refractivity contribution in [3.63, 3.8) is 0 Å². The summed E-state index contributed by atoms with van der Waals surface area (Å²) >= 11 is 0. The number of carbonyl (C=O) groups is 3. The third-order valence-electron chi connectivity index (χ3n) is 5.15. The molecule has 0 aromatic heterocycles. The third kappa shape index (κ3) is 9.36. The topological polar surface area (TPSA) is 102 Å². The Hall–Kier alpha value is -3.46. The lowest BCUT2D eigenvalue weighted by molar-refractivity contribution is 0.0164. The van der Waals surface area contributed by atoms with Gasteiger partial charge < -0.3 is 25.0 Å². The third-order valence-corrected chi connectivity index (χ3v) is 5.15. The van der Waals surface area contributed by atoms with E-state index in [9.17, 15) is 18.8 Å². The van der Waals surface area contributed by atoms with Crippen LogP contribution in [0.3, 0.4) is 0 Å². The number of halogens is 1. The first-order valence-corrected chi connectivity index (χ1v) is 11.4. The molecule has 1 heterocycles. The highest BCUT2D eigenvalue weighted by atomic mass is 19.1. The number of hydrogen-bond acceptors (Lipinski definition) is 6. The molecule has 0 atom stereocenters. The van der Waals surface area contributed by atoms with E-state index in [1.165, 1.54) is 12.1 Å². The molecular weight excluding hydrogens is 453 g/mol. The molecular formula is C26H34FN3O5. The number of hydrogen-bond donors (Lipinski definition) is 1. The molecule has 0 radical (unpaired) electrons. The van der Waals surface area contributed by atoms with Gasteiger partial charge in [0.2, 0.25) is 0 Å². The zero-order valence-corrected chi connectivity index (χ0v) is 20.8. The number of aldehydes is 1. The van der Waals surface area contributed by atoms with Crippen LogP contribution < -0.4 is 10.5 Å². The van der Waals surface area contributed by atoms with Crippen molar-refractivity contribution in [3.8, 4) is 5.75 Å². The molecule has 2 aromatic rings. The van der Waals surface area contributed by atoms with Crippen LogP contribution in [0.2, 0.25) is 0 Å². The number of para-hydroxylation sites is 1. The van der Waals surface area contributed by atoms with Crippen molar-refractivity contribution in [2.75, 3.05) is 39.8 Å². The van der Waals surface area contributed by atoms with Gasteiger partial charge in [0.15, 0.2) is 6.29 Å². The van der Waals surface area contributed by atoms with Crippen molar-refractivity contribution in [1.29, 1.82) is 0 Å². The first kappa shape index (κ1) is 27.8. The maximum Gasteiger partial charge on any atom is 0.410 e. The fourth-order valence-corrected chi connectivity index (χ4v) is 3.21. The van der Waals surface area contributed by atoms with Crippen LogP contribution in [0.5, 0.6) is 5.75 Å². The Morgan fingerprint density at radius 3 is 2.31 bits per heavy atom. The van der Waals surface area contributed by atoms with Gasteiger partial charge >= 0.3 is 6.09 Å².